The molecule has 1 rings (SSSR count). The molecule has 1 N–H and O–H groups in total. The molecule has 0 amide bonds. The van der Waals surface area contributed by atoms with E-state index in [0.717, 1.165) is 0 Å². The Bertz CT molecular complexity index is 257. The minimum absolute atomic E-state index is 0.0474. The molecule has 0 aromatic heterocycles. The van der Waals surface area contributed by atoms with Crippen LogP contribution in [0.25, 0.3) is 0 Å². The summed E-state index contributed by atoms with van der Waals surface area (Å²) in [5.41, 5.74) is 0. The first kappa shape index (κ1) is 10.9. The predicted octanol–water partition coefficient (Wildman–Crippen LogP) is 0.588. The first-order chi connectivity index (χ1) is 6.58. The fraction of sp³-hybridized carbons (Fsp3) is 0.600. The van der Waals surface area contributed by atoms with E-state index in [1.54, 1.807) is 6.92 Å². The summed E-state index contributed by atoms with van der Waals surface area (Å²) in [6.07, 6.45) is 2.27. The van der Waals surface area contributed by atoms with Crippen LogP contribution in [0.3, 0.4) is 0 Å². The summed E-state index contributed by atoms with van der Waals surface area (Å²) in [4.78, 5) is 22.2. The zero-order valence-corrected chi connectivity index (χ0v) is 8.10. The van der Waals surface area contributed by atoms with Gasteiger partial charge in [0.2, 0.25) is 0 Å². The Morgan fingerprint density at radius 2 is 2.21 bits per heavy atom. The van der Waals surface area contributed by atoms with Crippen LogP contribution >= 0.6 is 0 Å². The van der Waals surface area contributed by atoms with Crippen LogP contribution in [0.15, 0.2) is 12.2 Å². The normalized spacial score (nSPS) is 32.1. The molecule has 4 nitrogen and oxygen atoms in total. The van der Waals surface area contributed by atoms with Crippen LogP contribution in [0.1, 0.15) is 26.2 Å². The Morgan fingerprint density at radius 1 is 1.50 bits per heavy atom. The molecular weight excluding hydrogens is 184 g/mol. The molecule has 0 fully saturated rings. The van der Waals surface area contributed by atoms with Gasteiger partial charge in [0.25, 0.3) is 0 Å². The second kappa shape index (κ2) is 4.91. The molecule has 1 aliphatic heterocycles. The highest BCUT2D eigenvalue weighted by Gasteiger charge is 2.15. The summed E-state index contributed by atoms with van der Waals surface area (Å²) in [6, 6.07) is 0. The zero-order chi connectivity index (χ0) is 10.6. The van der Waals surface area contributed by atoms with Gasteiger partial charge in [0.1, 0.15) is 0 Å². The first-order valence-corrected chi connectivity index (χ1v) is 4.66. The topological polar surface area (TPSA) is 63.6 Å². The molecule has 0 saturated heterocycles. The molecular formula is C10H14O4. The van der Waals surface area contributed by atoms with Crippen molar-refractivity contribution >= 4 is 11.8 Å². The van der Waals surface area contributed by atoms with Gasteiger partial charge in [-0.25, -0.2) is 0 Å². The molecule has 0 saturated carbocycles. The Kier molecular flexibility index (Phi) is 3.83. The molecule has 0 radical (unpaired) electrons. The smallest absolute Gasteiger partial charge is 0.309 e. The van der Waals surface area contributed by atoms with Gasteiger partial charge in [0, 0.05) is 6.42 Å². The van der Waals surface area contributed by atoms with E-state index >= 15 is 0 Å². The second-order valence-electron chi connectivity index (χ2n) is 3.44. The number of aliphatic hydroxyl groups excluding tert-OH is 1. The number of carbonyl (C=O) groups excluding carboxylic acids is 2. The highest BCUT2D eigenvalue weighted by atomic mass is 16.5. The lowest BCUT2D eigenvalue weighted by Gasteiger charge is -2.14. The molecule has 2 atom stereocenters. The highest BCUT2D eigenvalue weighted by Crippen LogP contribution is 2.08. The number of allylic oxidation sites excluding steroid dienone is 1. The van der Waals surface area contributed by atoms with Crippen molar-refractivity contribution < 1.29 is 19.4 Å². The molecule has 14 heavy (non-hydrogen) atoms. The van der Waals surface area contributed by atoms with Crippen LogP contribution in [0.5, 0.6) is 0 Å². The van der Waals surface area contributed by atoms with Crippen molar-refractivity contribution in [1.29, 1.82) is 0 Å². The fourth-order valence-electron chi connectivity index (χ4n) is 1.22. The standard InChI is InChI=1S/C10H14O4/c1-7-2-3-8(11)4-5-9(12)6-10(13)14-7/h4-5,7,9,12H,2-3,6H2,1H3/b5-4-/t7-,9-/m1/s1. The lowest BCUT2D eigenvalue weighted by atomic mass is 10.1. The van der Waals surface area contributed by atoms with Crippen molar-refractivity contribution in [3.8, 4) is 0 Å². The maximum Gasteiger partial charge on any atom is 0.309 e. The van der Waals surface area contributed by atoms with Gasteiger partial charge >= 0.3 is 5.97 Å². The monoisotopic (exact) mass is 198 g/mol. The largest absolute Gasteiger partial charge is 0.463 e. The fourth-order valence-corrected chi connectivity index (χ4v) is 1.22. The lowest BCUT2D eigenvalue weighted by molar-refractivity contribution is -0.150. The van der Waals surface area contributed by atoms with Gasteiger partial charge in [-0.1, -0.05) is 6.08 Å². The average Bonchev–Trinajstić information content (AvgIpc) is 2.10. The number of rotatable bonds is 0. The van der Waals surface area contributed by atoms with Gasteiger partial charge < -0.3 is 9.84 Å². The molecule has 0 aliphatic carbocycles. The number of ether oxygens (including phenoxy) is 1. The maximum absolute atomic E-state index is 11.1. The molecule has 1 aliphatic rings. The van der Waals surface area contributed by atoms with E-state index in [9.17, 15) is 14.7 Å². The summed E-state index contributed by atoms with van der Waals surface area (Å²) in [5, 5.41) is 9.27. The highest BCUT2D eigenvalue weighted by molar-refractivity contribution is 5.89. The van der Waals surface area contributed by atoms with Gasteiger partial charge in [-0.3, -0.25) is 9.59 Å². The molecule has 0 bridgehead atoms. The second-order valence-corrected chi connectivity index (χ2v) is 3.44. The van der Waals surface area contributed by atoms with E-state index in [1.807, 2.05) is 0 Å². The van der Waals surface area contributed by atoms with E-state index in [-0.39, 0.29) is 18.3 Å². The van der Waals surface area contributed by atoms with E-state index in [2.05, 4.69) is 0 Å². The molecule has 0 aromatic rings. The van der Waals surface area contributed by atoms with Crippen LogP contribution in [-0.2, 0) is 14.3 Å². The van der Waals surface area contributed by atoms with E-state index < -0.39 is 12.1 Å². The Labute approximate surface area is 82.6 Å². The average molecular weight is 198 g/mol. The van der Waals surface area contributed by atoms with Gasteiger partial charge in [-0.05, 0) is 19.4 Å². The van der Waals surface area contributed by atoms with Crippen LogP contribution in [0.4, 0.5) is 0 Å². The summed E-state index contributed by atoms with van der Waals surface area (Å²) < 4.78 is 4.96. The third kappa shape index (κ3) is 3.70. The molecule has 1 heterocycles. The van der Waals surface area contributed by atoms with E-state index in [4.69, 9.17) is 4.74 Å². The van der Waals surface area contributed by atoms with Crippen LogP contribution in [-0.4, -0.2) is 29.1 Å². The van der Waals surface area contributed by atoms with Crippen molar-refractivity contribution in [3.05, 3.63) is 12.2 Å². The van der Waals surface area contributed by atoms with Crippen molar-refractivity contribution in [2.45, 2.75) is 38.4 Å². The van der Waals surface area contributed by atoms with Crippen molar-refractivity contribution in [2.75, 3.05) is 0 Å². The zero-order valence-electron chi connectivity index (χ0n) is 8.10. The van der Waals surface area contributed by atoms with Gasteiger partial charge in [-0.2, -0.15) is 0 Å². The van der Waals surface area contributed by atoms with Gasteiger partial charge in [-0.15, -0.1) is 0 Å². The van der Waals surface area contributed by atoms with Gasteiger partial charge in [0.05, 0.1) is 18.6 Å². The number of cyclic esters (lactones) is 1. The molecule has 4 heteroatoms. The Hall–Kier alpha value is -1.16. The number of carbonyl (C=O) groups is 2. The minimum Gasteiger partial charge on any atom is -0.463 e. The summed E-state index contributed by atoms with van der Waals surface area (Å²) in [7, 11) is 0. The molecule has 0 spiro atoms. The summed E-state index contributed by atoms with van der Waals surface area (Å²) >= 11 is 0. The van der Waals surface area contributed by atoms with Crippen LogP contribution < -0.4 is 0 Å². The number of hydrogen-bond acceptors (Lipinski definition) is 4. The molecule has 0 aromatic carbocycles. The van der Waals surface area contributed by atoms with E-state index in [0.29, 0.717) is 12.8 Å². The third-order valence-corrected chi connectivity index (χ3v) is 2.01. The quantitative estimate of drug-likeness (QED) is 0.578. The maximum atomic E-state index is 11.1. The SMILES string of the molecule is C[C@@H]1CCC(=O)/C=C\[C@@H](O)CC(=O)O1. The number of esters is 1. The Morgan fingerprint density at radius 3 is 2.93 bits per heavy atom. The lowest BCUT2D eigenvalue weighted by Crippen LogP contribution is -2.21. The first-order valence-electron chi connectivity index (χ1n) is 4.66. The summed E-state index contributed by atoms with van der Waals surface area (Å²) in [5.74, 6) is -0.474. The summed E-state index contributed by atoms with van der Waals surface area (Å²) in [6.45, 7) is 1.74. The van der Waals surface area contributed by atoms with Crippen molar-refractivity contribution in [2.24, 2.45) is 0 Å². The van der Waals surface area contributed by atoms with Gasteiger partial charge in [0.15, 0.2) is 5.78 Å². The predicted molar refractivity (Wildman–Crippen MR) is 49.6 cm³/mol. The van der Waals surface area contributed by atoms with E-state index in [1.165, 1.54) is 12.2 Å². The molecule has 78 valence electrons. The Balaban J connectivity index is 2.65. The van der Waals surface area contributed by atoms with Crippen LogP contribution in [0, 0.1) is 0 Å². The van der Waals surface area contributed by atoms with Crippen molar-refractivity contribution in [1.82, 2.24) is 0 Å². The number of hydrogen-bond donors (Lipinski definition) is 1. The third-order valence-electron chi connectivity index (χ3n) is 2.01. The minimum atomic E-state index is -0.920. The number of ketones is 1. The van der Waals surface area contributed by atoms with Crippen molar-refractivity contribution in [3.63, 3.8) is 0 Å². The molecule has 0 unspecified atom stereocenters. The van der Waals surface area contributed by atoms with Crippen LogP contribution in [0.2, 0.25) is 0 Å². The number of aliphatic hydroxyl groups is 1.